The Morgan fingerprint density at radius 1 is 0.875 bits per heavy atom. The predicted molar refractivity (Wildman–Crippen MR) is 127 cm³/mol. The molecule has 0 fully saturated rings. The molecular formula is C28H26N2O2. The molecule has 1 unspecified atom stereocenters. The van der Waals surface area contributed by atoms with Crippen molar-refractivity contribution < 1.29 is 9.59 Å². The maximum Gasteiger partial charge on any atom is 0.244 e. The number of carbonyl (C=O) groups excluding carboxylic acids is 2. The molecule has 0 spiro atoms. The molecule has 0 saturated carbocycles. The summed E-state index contributed by atoms with van der Waals surface area (Å²) < 4.78 is 0. The quantitative estimate of drug-likeness (QED) is 0.564. The van der Waals surface area contributed by atoms with Gasteiger partial charge in [-0.1, -0.05) is 60.7 Å². The fourth-order valence-corrected chi connectivity index (χ4v) is 5.30. The monoisotopic (exact) mass is 422 g/mol. The maximum atomic E-state index is 12.5. The van der Waals surface area contributed by atoms with Crippen molar-refractivity contribution in [2.75, 3.05) is 11.9 Å². The number of benzene rings is 3. The third-order valence-corrected chi connectivity index (χ3v) is 6.62. The van der Waals surface area contributed by atoms with E-state index in [1.54, 1.807) is 12.2 Å². The van der Waals surface area contributed by atoms with Crippen LogP contribution >= 0.6 is 0 Å². The highest BCUT2D eigenvalue weighted by Crippen LogP contribution is 2.55. The summed E-state index contributed by atoms with van der Waals surface area (Å²) in [6, 6.07) is 24.9. The smallest absolute Gasteiger partial charge is 0.244 e. The van der Waals surface area contributed by atoms with Crippen LogP contribution < -0.4 is 10.6 Å². The molecule has 160 valence electrons. The molecule has 0 aliphatic heterocycles. The average Bonchev–Trinajstić information content (AvgIpc) is 2.82. The van der Waals surface area contributed by atoms with Crippen LogP contribution in [0.25, 0.3) is 6.08 Å². The lowest BCUT2D eigenvalue weighted by Crippen LogP contribution is -2.38. The minimum Gasteiger partial charge on any atom is -0.352 e. The molecule has 0 saturated heterocycles. The third kappa shape index (κ3) is 3.84. The van der Waals surface area contributed by atoms with E-state index < -0.39 is 0 Å². The van der Waals surface area contributed by atoms with Gasteiger partial charge in [-0.2, -0.15) is 0 Å². The van der Waals surface area contributed by atoms with Gasteiger partial charge in [0.1, 0.15) is 0 Å². The molecule has 4 heteroatoms. The molecule has 2 bridgehead atoms. The highest BCUT2D eigenvalue weighted by molar-refractivity contribution is 5.92. The van der Waals surface area contributed by atoms with Crippen LogP contribution in [0, 0.1) is 5.92 Å². The minimum absolute atomic E-state index is 0.0843. The molecule has 0 aromatic heterocycles. The molecule has 3 aliphatic carbocycles. The van der Waals surface area contributed by atoms with Gasteiger partial charge in [-0.05, 0) is 58.4 Å². The highest BCUT2D eigenvalue weighted by atomic mass is 16.2. The molecule has 6 rings (SSSR count). The van der Waals surface area contributed by atoms with Gasteiger partial charge in [0.25, 0.3) is 0 Å². The van der Waals surface area contributed by atoms with Gasteiger partial charge in [0.2, 0.25) is 11.8 Å². The Balaban J connectivity index is 1.26. The fraction of sp³-hybridized carbons (Fsp3) is 0.214. The first-order valence-electron chi connectivity index (χ1n) is 11.1. The molecule has 2 amide bonds. The number of anilines is 1. The molecule has 0 radical (unpaired) electrons. The first-order valence-corrected chi connectivity index (χ1v) is 11.1. The van der Waals surface area contributed by atoms with Gasteiger partial charge in [-0.15, -0.1) is 0 Å². The van der Waals surface area contributed by atoms with Gasteiger partial charge in [-0.3, -0.25) is 9.59 Å². The molecule has 3 aliphatic rings. The summed E-state index contributed by atoms with van der Waals surface area (Å²) in [4.78, 5) is 23.6. The van der Waals surface area contributed by atoms with Gasteiger partial charge in [0.05, 0.1) is 0 Å². The first kappa shape index (κ1) is 20.3. The van der Waals surface area contributed by atoms with Crippen molar-refractivity contribution in [1.29, 1.82) is 0 Å². The van der Waals surface area contributed by atoms with Crippen molar-refractivity contribution in [3.63, 3.8) is 0 Å². The van der Waals surface area contributed by atoms with Gasteiger partial charge in [-0.25, -0.2) is 0 Å². The number of nitrogens with one attached hydrogen (secondary N) is 2. The van der Waals surface area contributed by atoms with E-state index in [9.17, 15) is 9.59 Å². The maximum absolute atomic E-state index is 12.5. The van der Waals surface area contributed by atoms with Crippen LogP contribution in [-0.2, 0) is 9.59 Å². The summed E-state index contributed by atoms with van der Waals surface area (Å²) in [6.45, 7) is 2.14. The van der Waals surface area contributed by atoms with E-state index in [1.165, 1.54) is 29.2 Å². The molecule has 1 atom stereocenters. The Morgan fingerprint density at radius 2 is 1.47 bits per heavy atom. The summed E-state index contributed by atoms with van der Waals surface area (Å²) in [7, 11) is 0. The standard InChI is InChI=1S/C28H26N2O2/c1-18(31)30-21-13-10-19(11-14-21)12-15-27(32)29-17-20-16-26-22-6-2-4-8-24(22)28(20)25-9-5-3-7-23(25)26/h2-15,20,26,28H,16-17H2,1H3,(H,29,32)(H,30,31)/b15-12+. The van der Waals surface area contributed by atoms with Gasteiger partial charge in [0.15, 0.2) is 0 Å². The van der Waals surface area contributed by atoms with Crippen LogP contribution in [0.15, 0.2) is 78.9 Å². The summed E-state index contributed by atoms with van der Waals surface area (Å²) >= 11 is 0. The Morgan fingerprint density at radius 3 is 2.06 bits per heavy atom. The molecule has 2 N–H and O–H groups in total. The van der Waals surface area contributed by atoms with Crippen molar-refractivity contribution in [3.8, 4) is 0 Å². The summed E-state index contributed by atoms with van der Waals surface area (Å²) in [5.41, 5.74) is 7.37. The topological polar surface area (TPSA) is 58.2 Å². The Labute approximate surface area is 188 Å². The van der Waals surface area contributed by atoms with E-state index in [1.807, 2.05) is 24.3 Å². The predicted octanol–water partition coefficient (Wildman–Crippen LogP) is 5.07. The van der Waals surface area contributed by atoms with Gasteiger partial charge < -0.3 is 10.6 Å². The van der Waals surface area contributed by atoms with Gasteiger partial charge >= 0.3 is 0 Å². The second-order valence-corrected chi connectivity index (χ2v) is 8.67. The zero-order valence-electron chi connectivity index (χ0n) is 18.0. The molecule has 32 heavy (non-hydrogen) atoms. The number of hydrogen-bond donors (Lipinski definition) is 2. The molecule has 3 aromatic rings. The van der Waals surface area contributed by atoms with E-state index in [4.69, 9.17) is 0 Å². The lowest BCUT2D eigenvalue weighted by molar-refractivity contribution is -0.116. The zero-order chi connectivity index (χ0) is 22.1. The number of carbonyl (C=O) groups is 2. The Hall–Kier alpha value is -3.66. The fourth-order valence-electron chi connectivity index (χ4n) is 5.30. The van der Waals surface area contributed by atoms with Crippen molar-refractivity contribution in [2.24, 2.45) is 5.92 Å². The SMILES string of the molecule is CC(=O)Nc1ccc(/C=C/C(=O)NCC2CC3c4ccccc4C2c2ccccc23)cc1. The summed E-state index contributed by atoms with van der Waals surface area (Å²) in [5, 5.41) is 5.86. The third-order valence-electron chi connectivity index (χ3n) is 6.62. The lowest BCUT2D eigenvalue weighted by Gasteiger charge is -2.45. The number of hydrogen-bond acceptors (Lipinski definition) is 2. The van der Waals surface area contributed by atoms with Crippen LogP contribution in [0.5, 0.6) is 0 Å². The second-order valence-electron chi connectivity index (χ2n) is 8.67. The number of rotatable bonds is 5. The van der Waals surface area contributed by atoms with Crippen LogP contribution in [0.4, 0.5) is 5.69 Å². The Kier molecular flexibility index (Phi) is 5.36. The highest BCUT2D eigenvalue weighted by Gasteiger charge is 2.42. The normalized spacial score (nSPS) is 20.5. The number of fused-ring (bicyclic) bond motifs is 1. The van der Waals surface area contributed by atoms with Gasteiger partial charge in [0, 0.05) is 37.1 Å². The minimum atomic E-state index is -0.102. The second kappa shape index (κ2) is 8.46. The van der Waals surface area contributed by atoms with Crippen LogP contribution in [0.1, 0.15) is 53.0 Å². The summed E-state index contributed by atoms with van der Waals surface area (Å²) in [5.74, 6) is 0.942. The molecule has 0 heterocycles. The van der Waals surface area contributed by atoms with Crippen LogP contribution in [0.3, 0.4) is 0 Å². The molecular weight excluding hydrogens is 396 g/mol. The largest absolute Gasteiger partial charge is 0.352 e. The zero-order valence-corrected chi connectivity index (χ0v) is 18.0. The van der Waals surface area contributed by atoms with E-state index in [-0.39, 0.29) is 11.8 Å². The molecule has 3 aromatic carbocycles. The average molecular weight is 423 g/mol. The molecule has 4 nitrogen and oxygen atoms in total. The van der Waals surface area contributed by atoms with Crippen molar-refractivity contribution in [3.05, 3.63) is 107 Å². The van der Waals surface area contributed by atoms with Crippen LogP contribution in [-0.4, -0.2) is 18.4 Å². The number of amides is 2. The Bertz CT molecular complexity index is 1150. The van der Waals surface area contributed by atoms with Crippen molar-refractivity contribution >= 4 is 23.6 Å². The first-order chi connectivity index (χ1) is 15.6. The van der Waals surface area contributed by atoms with Crippen molar-refractivity contribution in [1.82, 2.24) is 5.32 Å². The summed E-state index contributed by atoms with van der Waals surface area (Å²) in [6.07, 6.45) is 4.44. The van der Waals surface area contributed by atoms with Crippen LogP contribution in [0.2, 0.25) is 0 Å². The van der Waals surface area contributed by atoms with E-state index >= 15 is 0 Å². The lowest BCUT2D eigenvalue weighted by atomic mass is 9.59. The van der Waals surface area contributed by atoms with E-state index in [0.29, 0.717) is 24.3 Å². The van der Waals surface area contributed by atoms with Crippen molar-refractivity contribution in [2.45, 2.75) is 25.2 Å². The van der Waals surface area contributed by atoms with E-state index in [2.05, 4.69) is 59.2 Å². The van der Waals surface area contributed by atoms with E-state index in [0.717, 1.165) is 17.7 Å².